The van der Waals surface area contributed by atoms with Crippen molar-refractivity contribution in [1.82, 2.24) is 9.78 Å². The molecule has 0 aliphatic carbocycles. The summed E-state index contributed by atoms with van der Waals surface area (Å²) >= 11 is 0. The summed E-state index contributed by atoms with van der Waals surface area (Å²) in [7, 11) is 0. The number of alkyl halides is 3. The lowest BCUT2D eigenvalue weighted by Crippen LogP contribution is -2.25. The van der Waals surface area contributed by atoms with Gasteiger partial charge in [0.2, 0.25) is 0 Å². The van der Waals surface area contributed by atoms with Crippen LogP contribution >= 0.6 is 0 Å². The van der Waals surface area contributed by atoms with Crippen LogP contribution in [-0.4, -0.2) is 20.7 Å². The number of nitro groups is 1. The van der Waals surface area contributed by atoms with Crippen LogP contribution in [0.15, 0.2) is 24.3 Å². The van der Waals surface area contributed by atoms with E-state index in [9.17, 15) is 33.2 Å². The van der Waals surface area contributed by atoms with Gasteiger partial charge < -0.3 is 9.90 Å². The summed E-state index contributed by atoms with van der Waals surface area (Å²) in [4.78, 5) is 21.2. The molecule has 7 nitrogen and oxygen atoms in total. The van der Waals surface area contributed by atoms with Gasteiger partial charge >= 0.3 is 6.18 Å². The molecule has 0 amide bonds. The van der Waals surface area contributed by atoms with Crippen LogP contribution in [0.5, 0.6) is 0 Å². The molecule has 0 radical (unpaired) electrons. The Morgan fingerprint density at radius 3 is 2.45 bits per heavy atom. The number of rotatable bonds is 3. The largest absolute Gasteiger partial charge is 0.545 e. The fourth-order valence-corrected chi connectivity index (χ4v) is 1.91. The van der Waals surface area contributed by atoms with E-state index >= 15 is 0 Å². The van der Waals surface area contributed by atoms with E-state index in [1.165, 1.54) is 6.92 Å². The summed E-state index contributed by atoms with van der Waals surface area (Å²) in [5.41, 5.74) is -3.30. The van der Waals surface area contributed by atoms with Gasteiger partial charge in [-0.25, -0.2) is 4.68 Å². The van der Waals surface area contributed by atoms with Gasteiger partial charge in [-0.15, -0.1) is 0 Å². The first-order valence-corrected chi connectivity index (χ1v) is 5.76. The van der Waals surface area contributed by atoms with Crippen LogP contribution in [0.2, 0.25) is 0 Å². The Bertz CT molecular complexity index is 735. The van der Waals surface area contributed by atoms with Crippen molar-refractivity contribution in [2.45, 2.75) is 13.1 Å². The number of hydrogen-bond acceptors (Lipinski definition) is 5. The van der Waals surface area contributed by atoms with Gasteiger partial charge in [-0.05, 0) is 13.0 Å². The van der Waals surface area contributed by atoms with Crippen molar-refractivity contribution in [3.8, 4) is 5.69 Å². The van der Waals surface area contributed by atoms with Crippen molar-refractivity contribution in [3.05, 3.63) is 51.3 Å². The van der Waals surface area contributed by atoms with Crippen molar-refractivity contribution in [2.75, 3.05) is 0 Å². The van der Waals surface area contributed by atoms with Gasteiger partial charge in [0.1, 0.15) is 0 Å². The number of carbonyl (C=O) groups is 1. The number of hydrogen-bond donors (Lipinski definition) is 0. The average Bonchev–Trinajstić information content (AvgIpc) is 2.79. The minimum Gasteiger partial charge on any atom is -0.545 e. The van der Waals surface area contributed by atoms with Crippen LogP contribution in [0.3, 0.4) is 0 Å². The van der Waals surface area contributed by atoms with Gasteiger partial charge in [-0.1, -0.05) is 12.1 Å². The minimum absolute atomic E-state index is 0.107. The Balaban J connectivity index is 2.79. The maximum Gasteiger partial charge on any atom is 0.435 e. The lowest BCUT2D eigenvalue weighted by Gasteiger charge is -2.12. The fraction of sp³-hybridized carbons (Fsp3) is 0.167. The van der Waals surface area contributed by atoms with Crippen LogP contribution < -0.4 is 5.11 Å². The number of aryl methyl sites for hydroxylation is 1. The molecule has 0 unspecified atom stereocenters. The molecular weight excluding hydrogens is 307 g/mol. The summed E-state index contributed by atoms with van der Waals surface area (Å²) in [6.45, 7) is 1.22. The Labute approximate surface area is 120 Å². The van der Waals surface area contributed by atoms with Crippen LogP contribution in [0.25, 0.3) is 5.69 Å². The first kappa shape index (κ1) is 15.5. The molecule has 0 saturated heterocycles. The van der Waals surface area contributed by atoms with Crippen LogP contribution in [-0.2, 0) is 6.18 Å². The van der Waals surface area contributed by atoms with E-state index in [1.54, 1.807) is 0 Å². The molecule has 2 aromatic rings. The molecule has 22 heavy (non-hydrogen) atoms. The highest BCUT2D eigenvalue weighted by Crippen LogP contribution is 2.32. The van der Waals surface area contributed by atoms with E-state index in [1.807, 2.05) is 0 Å². The summed E-state index contributed by atoms with van der Waals surface area (Å²) < 4.78 is 38.6. The summed E-state index contributed by atoms with van der Waals surface area (Å²) in [6.07, 6.45) is -4.76. The average molecular weight is 314 g/mol. The number of nitro benzene ring substituents is 1. The third-order valence-electron chi connectivity index (χ3n) is 2.82. The number of benzene rings is 1. The number of aromatic nitrogens is 2. The van der Waals surface area contributed by atoms with Gasteiger partial charge in [0.15, 0.2) is 11.4 Å². The maximum atomic E-state index is 12.7. The van der Waals surface area contributed by atoms with E-state index in [0.717, 1.165) is 18.2 Å². The van der Waals surface area contributed by atoms with Crippen molar-refractivity contribution in [2.24, 2.45) is 0 Å². The Kier molecular flexibility index (Phi) is 3.61. The van der Waals surface area contributed by atoms with E-state index in [2.05, 4.69) is 5.10 Å². The van der Waals surface area contributed by atoms with Crippen molar-refractivity contribution in [1.29, 1.82) is 0 Å². The molecule has 0 atom stereocenters. The Morgan fingerprint density at radius 1 is 1.36 bits per heavy atom. The van der Waals surface area contributed by atoms with E-state index in [4.69, 9.17) is 0 Å². The number of carbonyl (C=O) groups excluding carboxylic acids is 1. The zero-order valence-electron chi connectivity index (χ0n) is 10.9. The Hall–Kier alpha value is -2.91. The second kappa shape index (κ2) is 5.13. The van der Waals surface area contributed by atoms with Gasteiger partial charge in [0, 0.05) is 17.3 Å². The number of para-hydroxylation sites is 1. The van der Waals surface area contributed by atoms with Crippen LogP contribution in [0.1, 0.15) is 21.7 Å². The molecule has 10 heteroatoms. The SMILES string of the molecule is Cc1cc(C(F)(F)F)nn1-c1c(C(=O)[O-])cccc1[N+](=O)[O-]. The van der Waals surface area contributed by atoms with Gasteiger partial charge in [-0.3, -0.25) is 10.1 Å². The second-order valence-electron chi connectivity index (χ2n) is 4.30. The second-order valence-corrected chi connectivity index (χ2v) is 4.30. The normalized spacial score (nSPS) is 11.5. The molecule has 1 aromatic heterocycles. The van der Waals surface area contributed by atoms with Gasteiger partial charge in [0.25, 0.3) is 5.69 Å². The predicted molar refractivity (Wildman–Crippen MR) is 64.3 cm³/mol. The quantitative estimate of drug-likeness (QED) is 0.630. The highest BCUT2D eigenvalue weighted by molar-refractivity contribution is 5.92. The molecule has 0 aliphatic rings. The highest BCUT2D eigenvalue weighted by atomic mass is 19.4. The third-order valence-corrected chi connectivity index (χ3v) is 2.82. The minimum atomic E-state index is -4.76. The highest BCUT2D eigenvalue weighted by Gasteiger charge is 2.35. The Morgan fingerprint density at radius 2 is 2.00 bits per heavy atom. The number of aromatic carboxylic acids is 1. The smallest absolute Gasteiger partial charge is 0.435 e. The van der Waals surface area contributed by atoms with E-state index in [0.29, 0.717) is 10.7 Å². The molecule has 1 heterocycles. The van der Waals surface area contributed by atoms with E-state index in [-0.39, 0.29) is 5.69 Å². The van der Waals surface area contributed by atoms with Crippen molar-refractivity contribution in [3.63, 3.8) is 0 Å². The third kappa shape index (κ3) is 2.62. The summed E-state index contributed by atoms with van der Waals surface area (Å²) in [6, 6.07) is 3.72. The van der Waals surface area contributed by atoms with Crippen LogP contribution in [0, 0.1) is 17.0 Å². The lowest BCUT2D eigenvalue weighted by atomic mass is 10.1. The molecule has 116 valence electrons. The fourth-order valence-electron chi connectivity index (χ4n) is 1.91. The molecule has 0 spiro atoms. The van der Waals surface area contributed by atoms with Crippen molar-refractivity contribution < 1.29 is 28.0 Å². The summed E-state index contributed by atoms with van der Waals surface area (Å²) in [5, 5.41) is 25.3. The molecule has 1 aromatic carbocycles. The lowest BCUT2D eigenvalue weighted by molar-refractivity contribution is -0.384. The molecule has 0 bridgehead atoms. The molecule has 0 fully saturated rings. The number of nitrogens with zero attached hydrogens (tertiary/aromatic N) is 3. The number of carboxylic acids is 1. The first-order chi connectivity index (χ1) is 10.1. The maximum absolute atomic E-state index is 12.7. The molecule has 0 aliphatic heterocycles. The molecule has 2 rings (SSSR count). The zero-order valence-corrected chi connectivity index (χ0v) is 10.9. The number of carboxylic acid groups (broad SMARTS) is 1. The monoisotopic (exact) mass is 314 g/mol. The van der Waals surface area contributed by atoms with Gasteiger partial charge in [0.05, 0.1) is 10.9 Å². The summed E-state index contributed by atoms with van der Waals surface area (Å²) in [5.74, 6) is -1.76. The topological polar surface area (TPSA) is 101 Å². The molecular formula is C12H7F3N3O4-. The number of halogens is 3. The first-order valence-electron chi connectivity index (χ1n) is 5.76. The van der Waals surface area contributed by atoms with E-state index < -0.39 is 39.7 Å². The predicted octanol–water partition coefficient (Wildman–Crippen LogP) is 1.47. The molecule has 0 saturated carbocycles. The van der Waals surface area contributed by atoms with Crippen molar-refractivity contribution >= 4 is 11.7 Å². The standard InChI is InChI=1S/C12H8F3N3O4/c1-6-5-9(12(13,14)15)16-17(6)10-7(11(19)20)3-2-4-8(10)18(21)22/h2-5H,1H3,(H,19,20)/p-1. The molecule has 0 N–H and O–H groups in total. The van der Waals surface area contributed by atoms with Crippen LogP contribution in [0.4, 0.5) is 18.9 Å². The zero-order chi connectivity index (χ0) is 16.7. The van der Waals surface area contributed by atoms with Gasteiger partial charge in [-0.2, -0.15) is 18.3 Å².